The van der Waals surface area contributed by atoms with E-state index >= 15 is 0 Å². The second-order valence-corrected chi connectivity index (χ2v) is 15.0. The molecule has 0 aliphatic rings. The van der Waals surface area contributed by atoms with Gasteiger partial charge in [-0.2, -0.15) is 0 Å². The molecule has 0 aliphatic carbocycles. The van der Waals surface area contributed by atoms with Crippen LogP contribution in [0.2, 0.25) is 0 Å². The minimum atomic E-state index is 0.644. The summed E-state index contributed by atoms with van der Waals surface area (Å²) in [5.74, 6) is 1.96. The minimum Gasteiger partial charge on any atom is -0.208 e. The maximum atomic E-state index is 5.32. The molecule has 0 aliphatic heterocycles. The van der Waals surface area contributed by atoms with Gasteiger partial charge in [0.15, 0.2) is 17.5 Å². The van der Waals surface area contributed by atoms with Gasteiger partial charge >= 0.3 is 0 Å². The highest BCUT2D eigenvalue weighted by molar-refractivity contribution is 7.27. The van der Waals surface area contributed by atoms with Gasteiger partial charge in [-0.25, -0.2) is 15.0 Å². The van der Waals surface area contributed by atoms with Gasteiger partial charge < -0.3 is 0 Å². The molecule has 0 atom stereocenters. The van der Waals surface area contributed by atoms with E-state index in [0.717, 1.165) is 27.8 Å². The first-order chi connectivity index (χ1) is 27.2. The van der Waals surface area contributed by atoms with E-state index in [9.17, 15) is 0 Å². The van der Waals surface area contributed by atoms with Crippen LogP contribution >= 0.6 is 11.3 Å². The van der Waals surface area contributed by atoms with Crippen LogP contribution in [-0.2, 0) is 0 Å². The van der Waals surface area contributed by atoms with Crippen molar-refractivity contribution in [1.82, 2.24) is 15.0 Å². The molecule has 11 rings (SSSR count). The lowest BCUT2D eigenvalue weighted by Crippen LogP contribution is -2.00. The molecule has 0 radical (unpaired) electrons. The first kappa shape index (κ1) is 31.5. The molecule has 0 N–H and O–H groups in total. The van der Waals surface area contributed by atoms with Crippen LogP contribution in [0.3, 0.4) is 0 Å². The SMILES string of the molecule is c1ccc(-c2ccc(-c3ccc(-c4nc(-c5ccccc5)nc(-c5cc6ccc7ccccc7c6c6sc7ccc8ccccc8c7c56)n4)cc3)cc2)cc1. The van der Waals surface area contributed by atoms with Gasteiger partial charge in [-0.15, -0.1) is 11.3 Å². The predicted molar refractivity (Wildman–Crippen MR) is 232 cm³/mol. The summed E-state index contributed by atoms with van der Waals surface area (Å²) in [6, 6.07) is 66.7. The van der Waals surface area contributed by atoms with Gasteiger partial charge in [-0.05, 0) is 61.3 Å². The molecule has 0 saturated heterocycles. The number of thiophene rings is 1. The van der Waals surface area contributed by atoms with E-state index in [1.54, 1.807) is 0 Å². The Balaban J connectivity index is 1.13. The summed E-state index contributed by atoms with van der Waals surface area (Å²) < 4.78 is 2.50. The van der Waals surface area contributed by atoms with Gasteiger partial charge in [-0.3, -0.25) is 0 Å². The maximum absolute atomic E-state index is 5.32. The van der Waals surface area contributed by atoms with E-state index in [0.29, 0.717) is 17.5 Å². The third-order valence-electron chi connectivity index (χ3n) is 10.7. The summed E-state index contributed by atoms with van der Waals surface area (Å²) in [5.41, 5.74) is 7.62. The standard InChI is InChI=1S/C51H31N3S/c1-3-11-32(12-4-1)33-19-21-34(22-20-33)35-23-26-39(27-24-35)50-52-49(38-15-5-2-6-16-38)53-51(54-50)43-31-40-28-25-36-13-7-9-17-41(36)45(40)48-47(43)46-42-18-10-8-14-37(42)29-30-44(46)55-48/h1-31H. The number of hydrogen-bond donors (Lipinski definition) is 0. The Morgan fingerprint density at radius 2 is 0.745 bits per heavy atom. The molecule has 0 saturated carbocycles. The van der Waals surface area contributed by atoms with E-state index in [-0.39, 0.29) is 0 Å². The fraction of sp³-hybridized carbons (Fsp3) is 0. The Kier molecular flexibility index (Phi) is 7.35. The Morgan fingerprint density at radius 1 is 0.309 bits per heavy atom. The summed E-state index contributed by atoms with van der Waals surface area (Å²) >= 11 is 1.86. The number of nitrogens with zero attached hydrogens (tertiary/aromatic N) is 3. The van der Waals surface area contributed by atoms with Gasteiger partial charge in [0.05, 0.1) is 0 Å². The highest BCUT2D eigenvalue weighted by atomic mass is 32.1. The van der Waals surface area contributed by atoms with Crippen molar-refractivity contribution in [2.75, 3.05) is 0 Å². The Hall–Kier alpha value is -7.01. The first-order valence-electron chi connectivity index (χ1n) is 18.5. The Labute approximate surface area is 321 Å². The summed E-state index contributed by atoms with van der Waals surface area (Å²) in [4.78, 5) is 15.7. The second kappa shape index (κ2) is 12.8. The lowest BCUT2D eigenvalue weighted by molar-refractivity contribution is 1.08. The molecule has 0 spiro atoms. The van der Waals surface area contributed by atoms with Gasteiger partial charge in [0.2, 0.25) is 0 Å². The van der Waals surface area contributed by atoms with E-state index in [1.807, 2.05) is 35.6 Å². The zero-order chi connectivity index (χ0) is 36.3. The van der Waals surface area contributed by atoms with Crippen molar-refractivity contribution in [3.63, 3.8) is 0 Å². The summed E-state index contributed by atoms with van der Waals surface area (Å²) in [5, 5.41) is 9.81. The number of aromatic nitrogens is 3. The molecule has 0 bridgehead atoms. The molecule has 0 amide bonds. The lowest BCUT2D eigenvalue weighted by Gasteiger charge is -2.13. The Bertz CT molecular complexity index is 3220. The highest BCUT2D eigenvalue weighted by Crippen LogP contribution is 2.48. The molecule has 2 aromatic heterocycles. The van der Waals surface area contributed by atoms with Gasteiger partial charge in [0.25, 0.3) is 0 Å². The Morgan fingerprint density at radius 3 is 1.36 bits per heavy atom. The number of fused-ring (bicyclic) bond motifs is 9. The molecular formula is C51H31N3S. The van der Waals surface area contributed by atoms with Crippen LogP contribution < -0.4 is 0 Å². The fourth-order valence-corrected chi connectivity index (χ4v) is 9.32. The van der Waals surface area contributed by atoms with Crippen LogP contribution in [0.25, 0.3) is 109 Å². The van der Waals surface area contributed by atoms with Crippen LogP contribution in [0, 0.1) is 0 Å². The largest absolute Gasteiger partial charge is 0.208 e. The molecule has 3 nitrogen and oxygen atoms in total. The maximum Gasteiger partial charge on any atom is 0.164 e. The van der Waals surface area contributed by atoms with Crippen molar-refractivity contribution >= 4 is 63.8 Å². The van der Waals surface area contributed by atoms with Crippen LogP contribution in [0.4, 0.5) is 0 Å². The molecule has 11 aromatic rings. The third-order valence-corrected chi connectivity index (χ3v) is 11.9. The van der Waals surface area contributed by atoms with Crippen molar-refractivity contribution in [1.29, 1.82) is 0 Å². The molecule has 0 fully saturated rings. The summed E-state index contributed by atoms with van der Waals surface area (Å²) in [6.45, 7) is 0. The van der Waals surface area contributed by atoms with Gasteiger partial charge in [-0.1, -0.05) is 176 Å². The average molecular weight is 718 g/mol. The summed E-state index contributed by atoms with van der Waals surface area (Å²) in [7, 11) is 0. The minimum absolute atomic E-state index is 0.644. The van der Waals surface area contributed by atoms with Crippen molar-refractivity contribution < 1.29 is 0 Å². The zero-order valence-electron chi connectivity index (χ0n) is 29.6. The molecule has 256 valence electrons. The van der Waals surface area contributed by atoms with Gasteiger partial charge in [0.1, 0.15) is 0 Å². The number of rotatable bonds is 5. The molecule has 4 heteroatoms. The molecule has 9 aromatic carbocycles. The van der Waals surface area contributed by atoms with E-state index in [2.05, 4.69) is 164 Å². The first-order valence-corrected chi connectivity index (χ1v) is 19.3. The van der Waals surface area contributed by atoms with Crippen molar-refractivity contribution in [3.8, 4) is 56.4 Å². The quantitative estimate of drug-likeness (QED) is 0.166. The normalized spacial score (nSPS) is 11.6. The molecule has 0 unspecified atom stereocenters. The number of benzene rings is 9. The van der Waals surface area contributed by atoms with Crippen LogP contribution in [0.5, 0.6) is 0 Å². The van der Waals surface area contributed by atoms with Crippen LogP contribution in [0.15, 0.2) is 188 Å². The number of hydrogen-bond acceptors (Lipinski definition) is 4. The smallest absolute Gasteiger partial charge is 0.164 e. The third kappa shape index (κ3) is 5.38. The summed E-state index contributed by atoms with van der Waals surface area (Å²) in [6.07, 6.45) is 0. The van der Waals surface area contributed by atoms with Crippen molar-refractivity contribution in [3.05, 3.63) is 188 Å². The topological polar surface area (TPSA) is 38.7 Å². The van der Waals surface area contributed by atoms with E-state index in [4.69, 9.17) is 15.0 Å². The lowest BCUT2D eigenvalue weighted by atomic mass is 9.94. The zero-order valence-corrected chi connectivity index (χ0v) is 30.5. The molecule has 55 heavy (non-hydrogen) atoms. The van der Waals surface area contributed by atoms with E-state index in [1.165, 1.54) is 63.6 Å². The van der Waals surface area contributed by atoms with Gasteiger partial charge in [0, 0.05) is 42.2 Å². The van der Waals surface area contributed by atoms with Crippen LogP contribution in [-0.4, -0.2) is 15.0 Å². The predicted octanol–water partition coefficient (Wildman–Crippen LogP) is 14.0. The fourth-order valence-electron chi connectivity index (χ4n) is 8.01. The average Bonchev–Trinajstić information content (AvgIpc) is 3.67. The van der Waals surface area contributed by atoms with Crippen LogP contribution in [0.1, 0.15) is 0 Å². The highest BCUT2D eigenvalue weighted by Gasteiger charge is 2.21. The second-order valence-electron chi connectivity index (χ2n) is 14.0. The van der Waals surface area contributed by atoms with Crippen molar-refractivity contribution in [2.45, 2.75) is 0 Å². The molecule has 2 heterocycles. The monoisotopic (exact) mass is 717 g/mol. The van der Waals surface area contributed by atoms with E-state index < -0.39 is 0 Å². The molecular weight excluding hydrogens is 687 g/mol. The van der Waals surface area contributed by atoms with Crippen molar-refractivity contribution in [2.24, 2.45) is 0 Å².